The first-order chi connectivity index (χ1) is 7.13. The summed E-state index contributed by atoms with van der Waals surface area (Å²) < 4.78 is 12.7. The minimum Gasteiger partial charge on any atom is -0.387 e. The summed E-state index contributed by atoms with van der Waals surface area (Å²) in [6.07, 6.45) is 1.43. The van der Waals surface area contributed by atoms with Crippen LogP contribution >= 0.6 is 11.6 Å². The lowest BCUT2D eigenvalue weighted by atomic mass is 10.1. The zero-order valence-corrected chi connectivity index (χ0v) is 9.39. The van der Waals surface area contributed by atoms with E-state index in [4.69, 9.17) is 17.3 Å². The van der Waals surface area contributed by atoms with Crippen LogP contribution in [-0.4, -0.2) is 12.4 Å². The predicted octanol–water partition coefficient (Wildman–Crippen LogP) is 2.79. The van der Waals surface area contributed by atoms with Crippen LogP contribution in [0.4, 0.5) is 4.39 Å². The molecule has 0 bridgehead atoms. The molecule has 0 aliphatic heterocycles. The quantitative estimate of drug-likeness (QED) is 0.625. The van der Waals surface area contributed by atoms with Gasteiger partial charge in [0.2, 0.25) is 0 Å². The monoisotopic (exact) mass is 228 g/mol. The third-order valence-corrected chi connectivity index (χ3v) is 2.28. The Morgan fingerprint density at radius 3 is 2.87 bits per heavy atom. The molecule has 15 heavy (non-hydrogen) atoms. The van der Waals surface area contributed by atoms with Crippen molar-refractivity contribution in [1.82, 2.24) is 0 Å². The van der Waals surface area contributed by atoms with E-state index in [1.807, 2.05) is 6.92 Å². The van der Waals surface area contributed by atoms with Crippen molar-refractivity contribution < 1.29 is 4.39 Å². The summed E-state index contributed by atoms with van der Waals surface area (Å²) in [6, 6.07) is 4.28. The molecule has 0 atom stereocenters. The van der Waals surface area contributed by atoms with Crippen molar-refractivity contribution >= 4 is 17.4 Å². The number of hydrogen-bond acceptors (Lipinski definition) is 1. The van der Waals surface area contributed by atoms with Crippen molar-refractivity contribution in [2.75, 3.05) is 6.54 Å². The number of rotatable bonds is 4. The zero-order chi connectivity index (χ0) is 11.3. The van der Waals surface area contributed by atoms with Gasteiger partial charge in [-0.2, -0.15) is 0 Å². The van der Waals surface area contributed by atoms with Gasteiger partial charge in [-0.05, 0) is 24.1 Å². The molecule has 2 N–H and O–H groups in total. The van der Waals surface area contributed by atoms with Crippen LogP contribution in [0.1, 0.15) is 18.9 Å². The van der Waals surface area contributed by atoms with E-state index in [0.717, 1.165) is 12.0 Å². The Kier molecular flexibility index (Phi) is 4.56. The maximum absolute atomic E-state index is 12.7. The van der Waals surface area contributed by atoms with Gasteiger partial charge in [-0.1, -0.05) is 24.6 Å². The zero-order valence-electron chi connectivity index (χ0n) is 8.63. The molecular weight excluding hydrogens is 215 g/mol. The molecule has 0 aliphatic carbocycles. The van der Waals surface area contributed by atoms with Gasteiger partial charge in [-0.3, -0.25) is 4.99 Å². The van der Waals surface area contributed by atoms with Crippen LogP contribution in [0, 0.1) is 5.82 Å². The van der Waals surface area contributed by atoms with E-state index >= 15 is 0 Å². The number of nitrogens with zero attached hydrogens (tertiary/aromatic N) is 1. The molecule has 0 unspecified atom stereocenters. The third kappa shape index (κ3) is 3.88. The highest BCUT2D eigenvalue weighted by atomic mass is 35.5. The van der Waals surface area contributed by atoms with E-state index in [0.29, 0.717) is 23.8 Å². The largest absolute Gasteiger partial charge is 0.387 e. The van der Waals surface area contributed by atoms with Crippen LogP contribution in [0.2, 0.25) is 5.02 Å². The summed E-state index contributed by atoms with van der Waals surface area (Å²) >= 11 is 5.86. The molecule has 0 spiro atoms. The number of halogens is 2. The Hall–Kier alpha value is -1.09. The number of nitrogens with two attached hydrogens (primary N) is 1. The standard InChI is InChI=1S/C11H14ClFN2/c1-2-5-15-11(14)6-8-3-4-9(13)7-10(8)12/h3-4,7H,2,5-6H2,1H3,(H2,14,15). The lowest BCUT2D eigenvalue weighted by Crippen LogP contribution is -2.15. The lowest BCUT2D eigenvalue weighted by molar-refractivity contribution is 0.627. The molecule has 2 nitrogen and oxygen atoms in total. The van der Waals surface area contributed by atoms with Crippen LogP contribution in [0.5, 0.6) is 0 Å². The molecule has 1 rings (SSSR count). The Labute approximate surface area is 94.0 Å². The second-order valence-electron chi connectivity index (χ2n) is 3.29. The van der Waals surface area contributed by atoms with Gasteiger partial charge in [-0.25, -0.2) is 4.39 Å². The van der Waals surface area contributed by atoms with E-state index in [1.165, 1.54) is 12.1 Å². The summed E-state index contributed by atoms with van der Waals surface area (Å²) in [5, 5.41) is 0.393. The maximum atomic E-state index is 12.7. The average molecular weight is 229 g/mol. The van der Waals surface area contributed by atoms with Crippen LogP contribution in [0.25, 0.3) is 0 Å². The molecule has 0 aliphatic rings. The first-order valence-corrected chi connectivity index (χ1v) is 5.24. The van der Waals surface area contributed by atoms with Crippen molar-refractivity contribution in [2.24, 2.45) is 10.7 Å². The maximum Gasteiger partial charge on any atom is 0.124 e. The molecule has 0 fully saturated rings. The fraction of sp³-hybridized carbons (Fsp3) is 0.364. The van der Waals surface area contributed by atoms with Crippen molar-refractivity contribution in [3.05, 3.63) is 34.6 Å². The van der Waals surface area contributed by atoms with Gasteiger partial charge in [0, 0.05) is 18.0 Å². The SMILES string of the molecule is CCCN=C(N)Cc1ccc(F)cc1Cl. The summed E-state index contributed by atoms with van der Waals surface area (Å²) in [5.74, 6) is 0.193. The molecule has 0 saturated carbocycles. The van der Waals surface area contributed by atoms with E-state index < -0.39 is 0 Å². The molecule has 4 heteroatoms. The minimum atomic E-state index is -0.340. The molecule has 0 amide bonds. The van der Waals surface area contributed by atoms with Gasteiger partial charge in [-0.15, -0.1) is 0 Å². The van der Waals surface area contributed by atoms with Gasteiger partial charge in [0.05, 0.1) is 5.84 Å². The highest BCUT2D eigenvalue weighted by molar-refractivity contribution is 6.31. The van der Waals surface area contributed by atoms with Crippen LogP contribution < -0.4 is 5.73 Å². The fourth-order valence-electron chi connectivity index (χ4n) is 1.17. The summed E-state index contributed by atoms with van der Waals surface area (Å²) in [4.78, 5) is 4.14. The Morgan fingerprint density at radius 1 is 1.53 bits per heavy atom. The summed E-state index contributed by atoms with van der Waals surface area (Å²) in [5.41, 5.74) is 6.50. The first-order valence-electron chi connectivity index (χ1n) is 4.86. The molecule has 0 aromatic heterocycles. The number of benzene rings is 1. The van der Waals surface area contributed by atoms with E-state index in [-0.39, 0.29) is 5.82 Å². The second kappa shape index (κ2) is 5.71. The molecule has 0 radical (unpaired) electrons. The van der Waals surface area contributed by atoms with Crippen molar-refractivity contribution in [3.63, 3.8) is 0 Å². The van der Waals surface area contributed by atoms with Gasteiger partial charge in [0.1, 0.15) is 5.82 Å². The number of aliphatic imine (C=N–C) groups is 1. The Morgan fingerprint density at radius 2 is 2.27 bits per heavy atom. The van der Waals surface area contributed by atoms with Gasteiger partial charge < -0.3 is 5.73 Å². The van der Waals surface area contributed by atoms with Crippen LogP contribution in [0.15, 0.2) is 23.2 Å². The summed E-state index contributed by atoms with van der Waals surface area (Å²) in [7, 11) is 0. The lowest BCUT2D eigenvalue weighted by Gasteiger charge is -2.04. The Balaban J connectivity index is 2.72. The smallest absolute Gasteiger partial charge is 0.124 e. The molecule has 0 saturated heterocycles. The summed E-state index contributed by atoms with van der Waals surface area (Å²) in [6.45, 7) is 2.74. The number of amidine groups is 1. The van der Waals surface area contributed by atoms with Crippen LogP contribution in [-0.2, 0) is 6.42 Å². The molecule has 0 heterocycles. The fourth-order valence-corrected chi connectivity index (χ4v) is 1.41. The molecular formula is C11H14ClFN2. The van der Waals surface area contributed by atoms with Crippen molar-refractivity contribution in [3.8, 4) is 0 Å². The van der Waals surface area contributed by atoms with Gasteiger partial charge >= 0.3 is 0 Å². The van der Waals surface area contributed by atoms with Gasteiger partial charge in [0.25, 0.3) is 0 Å². The van der Waals surface area contributed by atoms with Gasteiger partial charge in [0.15, 0.2) is 0 Å². The third-order valence-electron chi connectivity index (χ3n) is 1.93. The average Bonchev–Trinajstić information content (AvgIpc) is 2.19. The second-order valence-corrected chi connectivity index (χ2v) is 3.69. The topological polar surface area (TPSA) is 38.4 Å². The highest BCUT2D eigenvalue weighted by Crippen LogP contribution is 2.17. The van der Waals surface area contributed by atoms with E-state index in [1.54, 1.807) is 6.07 Å². The number of hydrogen-bond donors (Lipinski definition) is 1. The molecule has 82 valence electrons. The minimum absolute atomic E-state index is 0.340. The predicted molar refractivity (Wildman–Crippen MR) is 61.9 cm³/mol. The normalized spacial score (nSPS) is 11.8. The van der Waals surface area contributed by atoms with E-state index in [9.17, 15) is 4.39 Å². The van der Waals surface area contributed by atoms with Crippen LogP contribution in [0.3, 0.4) is 0 Å². The van der Waals surface area contributed by atoms with Crippen molar-refractivity contribution in [1.29, 1.82) is 0 Å². The first kappa shape index (κ1) is 12.0. The highest BCUT2D eigenvalue weighted by Gasteiger charge is 2.03. The molecule has 1 aromatic carbocycles. The molecule has 1 aromatic rings. The Bertz CT molecular complexity index is 364. The van der Waals surface area contributed by atoms with Crippen molar-refractivity contribution in [2.45, 2.75) is 19.8 Å². The van der Waals surface area contributed by atoms with E-state index in [2.05, 4.69) is 4.99 Å².